The highest BCUT2D eigenvalue weighted by molar-refractivity contribution is 8.00. The fourth-order valence-electron chi connectivity index (χ4n) is 6.85. The number of likely N-dealkylation sites (tertiary alicyclic amines) is 1. The van der Waals surface area contributed by atoms with Gasteiger partial charge in [0.15, 0.2) is 0 Å². The molecule has 0 unspecified atom stereocenters. The number of nitrogens with zero attached hydrogens (tertiary/aromatic N) is 3. The predicted molar refractivity (Wildman–Crippen MR) is 163 cm³/mol. The minimum atomic E-state index is -0.399. The van der Waals surface area contributed by atoms with Gasteiger partial charge in [-0.2, -0.15) is 0 Å². The number of fused-ring (bicyclic) bond motifs is 3. The van der Waals surface area contributed by atoms with Crippen molar-refractivity contribution in [3.63, 3.8) is 0 Å². The van der Waals surface area contributed by atoms with Crippen molar-refractivity contribution in [1.82, 2.24) is 4.90 Å². The number of alkyl halides is 1. The SMILES string of the molecule is C[C@H]1CCCCN1C(=O)c1ccc2c(c1)[C@@H]1[C@@H](Cl)[C@@H](Sc3ccccc3[N+](=O)[O-])C[C@H]1[C@H](c1cccc([N+](=O)[O-])c1)N2. The normalized spacial score (nSPS) is 26.6. The highest BCUT2D eigenvalue weighted by atomic mass is 35.5. The fraction of sp³-hybridized carbons (Fsp3) is 0.387. The summed E-state index contributed by atoms with van der Waals surface area (Å²) in [4.78, 5) is 38.6. The Kier molecular flexibility index (Phi) is 7.85. The summed E-state index contributed by atoms with van der Waals surface area (Å²) in [6.07, 6.45) is 3.74. The Morgan fingerprint density at radius 1 is 1.02 bits per heavy atom. The van der Waals surface area contributed by atoms with E-state index in [2.05, 4.69) is 12.2 Å². The van der Waals surface area contributed by atoms with Crippen molar-refractivity contribution in [2.24, 2.45) is 5.92 Å². The highest BCUT2D eigenvalue weighted by Crippen LogP contribution is 2.58. The van der Waals surface area contributed by atoms with Gasteiger partial charge < -0.3 is 10.2 Å². The number of nitro groups is 2. The lowest BCUT2D eigenvalue weighted by molar-refractivity contribution is -0.387. The highest BCUT2D eigenvalue weighted by Gasteiger charge is 2.50. The van der Waals surface area contributed by atoms with E-state index in [1.807, 2.05) is 29.2 Å². The molecule has 1 saturated carbocycles. The Labute approximate surface area is 252 Å². The van der Waals surface area contributed by atoms with E-state index in [0.717, 1.165) is 42.6 Å². The largest absolute Gasteiger partial charge is 0.378 e. The molecule has 0 spiro atoms. The van der Waals surface area contributed by atoms with Crippen LogP contribution >= 0.6 is 23.4 Å². The number of rotatable bonds is 6. The summed E-state index contributed by atoms with van der Waals surface area (Å²) in [5.74, 6) is -0.210. The smallest absolute Gasteiger partial charge is 0.282 e. The molecule has 2 fully saturated rings. The molecular formula is C31H31ClN4O5S. The molecule has 1 amide bonds. The van der Waals surface area contributed by atoms with Crippen molar-refractivity contribution in [3.05, 3.63) is 104 Å². The molecule has 3 aliphatic rings. The Morgan fingerprint density at radius 2 is 1.83 bits per heavy atom. The van der Waals surface area contributed by atoms with Crippen molar-refractivity contribution in [3.8, 4) is 0 Å². The number of anilines is 1. The van der Waals surface area contributed by atoms with E-state index in [9.17, 15) is 25.0 Å². The van der Waals surface area contributed by atoms with Crippen LogP contribution in [0.25, 0.3) is 0 Å². The summed E-state index contributed by atoms with van der Waals surface area (Å²) < 4.78 is 0. The molecule has 0 radical (unpaired) electrons. The van der Waals surface area contributed by atoms with E-state index in [0.29, 0.717) is 16.9 Å². The molecule has 3 aromatic rings. The summed E-state index contributed by atoms with van der Waals surface area (Å²) >= 11 is 8.69. The van der Waals surface area contributed by atoms with Gasteiger partial charge >= 0.3 is 0 Å². The first-order valence-corrected chi connectivity index (χ1v) is 15.5. The maximum atomic E-state index is 13.6. The van der Waals surface area contributed by atoms with Gasteiger partial charge in [-0.3, -0.25) is 25.0 Å². The molecule has 1 saturated heterocycles. The predicted octanol–water partition coefficient (Wildman–Crippen LogP) is 7.56. The third-order valence-electron chi connectivity index (χ3n) is 8.91. The van der Waals surface area contributed by atoms with Crippen LogP contribution in [0.2, 0.25) is 0 Å². The van der Waals surface area contributed by atoms with Gasteiger partial charge in [-0.15, -0.1) is 23.4 Å². The number of hydrogen-bond donors (Lipinski definition) is 1. The molecule has 0 bridgehead atoms. The lowest BCUT2D eigenvalue weighted by atomic mass is 9.76. The number of hydrogen-bond acceptors (Lipinski definition) is 7. The summed E-state index contributed by atoms with van der Waals surface area (Å²) in [6, 6.07) is 19.0. The zero-order valence-electron chi connectivity index (χ0n) is 23.0. The summed E-state index contributed by atoms with van der Waals surface area (Å²) in [6.45, 7) is 2.83. The van der Waals surface area contributed by atoms with Crippen LogP contribution in [0.5, 0.6) is 0 Å². The number of thioether (sulfide) groups is 1. The van der Waals surface area contributed by atoms with Crippen LogP contribution < -0.4 is 5.32 Å². The van der Waals surface area contributed by atoms with E-state index in [1.54, 1.807) is 30.3 Å². The second kappa shape index (κ2) is 11.6. The Hall–Kier alpha value is -3.63. The zero-order valence-corrected chi connectivity index (χ0v) is 24.6. The molecule has 6 rings (SSSR count). The number of para-hydroxylation sites is 1. The number of nitro benzene ring substituents is 2. The molecule has 2 heterocycles. The van der Waals surface area contributed by atoms with Gasteiger partial charge in [-0.25, -0.2) is 0 Å². The molecule has 42 heavy (non-hydrogen) atoms. The third-order valence-corrected chi connectivity index (χ3v) is 11.0. The first-order valence-electron chi connectivity index (χ1n) is 14.2. The summed E-state index contributed by atoms with van der Waals surface area (Å²) in [5, 5.41) is 26.4. The Bertz CT molecular complexity index is 1550. The molecule has 218 valence electrons. The molecule has 0 aromatic heterocycles. The molecule has 2 aliphatic heterocycles. The first-order chi connectivity index (χ1) is 20.2. The van der Waals surface area contributed by atoms with Crippen LogP contribution in [0.4, 0.5) is 17.1 Å². The van der Waals surface area contributed by atoms with E-state index in [1.165, 1.54) is 23.9 Å². The topological polar surface area (TPSA) is 119 Å². The average molecular weight is 607 g/mol. The second-order valence-corrected chi connectivity index (χ2v) is 13.2. The molecule has 3 aromatic carbocycles. The number of amides is 1. The molecule has 9 nitrogen and oxygen atoms in total. The van der Waals surface area contributed by atoms with E-state index < -0.39 is 4.92 Å². The molecular weight excluding hydrogens is 576 g/mol. The number of carbonyl (C=O) groups is 1. The number of carbonyl (C=O) groups excluding carboxylic acids is 1. The summed E-state index contributed by atoms with van der Waals surface area (Å²) in [5.41, 5.74) is 3.25. The van der Waals surface area contributed by atoms with Gasteiger partial charge in [0.25, 0.3) is 17.3 Å². The lowest BCUT2D eigenvalue weighted by Gasteiger charge is -2.39. The van der Waals surface area contributed by atoms with Crippen LogP contribution in [0, 0.1) is 26.1 Å². The van der Waals surface area contributed by atoms with E-state index >= 15 is 0 Å². The van der Waals surface area contributed by atoms with Gasteiger partial charge in [0.2, 0.25) is 0 Å². The van der Waals surface area contributed by atoms with Crippen LogP contribution in [0.15, 0.2) is 71.6 Å². The van der Waals surface area contributed by atoms with E-state index in [4.69, 9.17) is 11.6 Å². The number of piperidine rings is 1. The van der Waals surface area contributed by atoms with Gasteiger partial charge in [0, 0.05) is 53.2 Å². The van der Waals surface area contributed by atoms with Crippen molar-refractivity contribution in [1.29, 1.82) is 0 Å². The van der Waals surface area contributed by atoms with Gasteiger partial charge in [-0.05, 0) is 73.9 Å². The minimum absolute atomic E-state index is 0.0114. The van der Waals surface area contributed by atoms with Gasteiger partial charge in [-0.1, -0.05) is 24.3 Å². The van der Waals surface area contributed by atoms with E-state index in [-0.39, 0.29) is 56.8 Å². The number of benzene rings is 3. The van der Waals surface area contributed by atoms with Crippen LogP contribution in [-0.4, -0.2) is 43.9 Å². The van der Waals surface area contributed by atoms with Crippen LogP contribution in [0.1, 0.15) is 66.1 Å². The van der Waals surface area contributed by atoms with Crippen LogP contribution in [-0.2, 0) is 0 Å². The Morgan fingerprint density at radius 3 is 2.60 bits per heavy atom. The molecule has 11 heteroatoms. The third kappa shape index (κ3) is 5.22. The summed E-state index contributed by atoms with van der Waals surface area (Å²) in [7, 11) is 0. The Balaban J connectivity index is 1.39. The molecule has 6 atom stereocenters. The monoisotopic (exact) mass is 606 g/mol. The zero-order chi connectivity index (χ0) is 29.5. The quantitative estimate of drug-likeness (QED) is 0.175. The van der Waals surface area contributed by atoms with Crippen molar-refractivity contribution in [2.45, 2.75) is 66.1 Å². The van der Waals surface area contributed by atoms with Crippen molar-refractivity contribution >= 4 is 46.3 Å². The number of halogens is 1. The second-order valence-electron chi connectivity index (χ2n) is 11.4. The maximum Gasteiger partial charge on any atom is 0.282 e. The molecule has 1 aliphatic carbocycles. The van der Waals surface area contributed by atoms with Crippen molar-refractivity contribution < 1.29 is 14.6 Å². The first kappa shape index (κ1) is 28.5. The standard InChI is InChI=1S/C31H31ClN4O5S/c1-18-7-4-5-14-34(18)31(37)20-12-13-24-22(16-20)28-23(30(33-24)19-8-6-9-21(15-19)35(38)39)17-27(29(28)32)42-26-11-3-2-10-25(26)36(40)41/h2-3,6,8-13,15-16,18,23,27-30,33H,4-5,7,14,17H2,1H3/t18-,23+,27-,28-,29-,30-/m0/s1. The fourth-order valence-corrected chi connectivity index (χ4v) is 8.79. The maximum absolute atomic E-state index is 13.6. The van der Waals surface area contributed by atoms with Gasteiger partial charge in [0.05, 0.1) is 26.2 Å². The van der Waals surface area contributed by atoms with Gasteiger partial charge in [0.1, 0.15) is 0 Å². The minimum Gasteiger partial charge on any atom is -0.378 e. The molecule has 1 N–H and O–H groups in total. The van der Waals surface area contributed by atoms with Crippen molar-refractivity contribution in [2.75, 3.05) is 11.9 Å². The average Bonchev–Trinajstić information content (AvgIpc) is 3.32. The number of non-ortho nitro benzene ring substituents is 1. The lowest BCUT2D eigenvalue weighted by Crippen LogP contribution is -2.42. The van der Waals surface area contributed by atoms with Crippen LogP contribution in [0.3, 0.4) is 0 Å². The number of nitrogens with one attached hydrogen (secondary N) is 1.